The Bertz CT molecular complexity index is 1530. The molecule has 1 fully saturated rings. The van der Waals surface area contributed by atoms with Crippen LogP contribution in [0.5, 0.6) is 0 Å². The van der Waals surface area contributed by atoms with Crippen LogP contribution >= 0.6 is 0 Å². The zero-order valence-electron chi connectivity index (χ0n) is 20.1. The third-order valence-electron chi connectivity index (χ3n) is 7.02. The van der Waals surface area contributed by atoms with Gasteiger partial charge in [-0.3, -0.25) is 9.59 Å². The number of aromatic nitrogens is 3. The predicted octanol–water partition coefficient (Wildman–Crippen LogP) is 4.91. The second-order valence-corrected chi connectivity index (χ2v) is 9.47. The van der Waals surface area contributed by atoms with E-state index in [2.05, 4.69) is 15.5 Å². The maximum absolute atomic E-state index is 15.2. The largest absolute Gasteiger partial charge is 0.382 e. The maximum atomic E-state index is 15.2. The summed E-state index contributed by atoms with van der Waals surface area (Å²) >= 11 is 0. The van der Waals surface area contributed by atoms with Gasteiger partial charge < -0.3 is 15.6 Å². The molecule has 0 radical (unpaired) electrons. The fourth-order valence-electron chi connectivity index (χ4n) is 5.10. The number of carbonyl (C=O) groups is 1. The number of rotatable bonds is 5. The van der Waals surface area contributed by atoms with Gasteiger partial charge in [-0.1, -0.05) is 30.5 Å². The monoisotopic (exact) mass is 491 g/mol. The Kier molecular flexibility index (Phi) is 6.07. The second kappa shape index (κ2) is 9.22. The van der Waals surface area contributed by atoms with Crippen molar-refractivity contribution < 1.29 is 13.6 Å². The number of fused-ring (bicyclic) bond motifs is 1. The topological polar surface area (TPSA) is 106 Å². The molecule has 2 aromatic heterocycles. The van der Waals surface area contributed by atoms with E-state index < -0.39 is 23.1 Å². The summed E-state index contributed by atoms with van der Waals surface area (Å²) in [6, 6.07) is 7.98. The van der Waals surface area contributed by atoms with Crippen molar-refractivity contribution in [2.75, 3.05) is 5.73 Å². The summed E-state index contributed by atoms with van der Waals surface area (Å²) < 4.78 is 32.2. The molecule has 7 nitrogen and oxygen atoms in total. The molecule has 0 spiro atoms. The van der Waals surface area contributed by atoms with Crippen molar-refractivity contribution in [3.05, 3.63) is 80.8 Å². The summed E-state index contributed by atoms with van der Waals surface area (Å²) in [6.07, 6.45) is 5.65. The Morgan fingerprint density at radius 2 is 1.86 bits per heavy atom. The summed E-state index contributed by atoms with van der Waals surface area (Å²) in [7, 11) is 0. The zero-order chi connectivity index (χ0) is 25.6. The molecule has 0 unspecified atom stereocenters. The Morgan fingerprint density at radius 3 is 2.56 bits per heavy atom. The lowest BCUT2D eigenvalue weighted by Crippen LogP contribution is -2.24. The SMILES string of the molecule is Cc1ccc(C)c(C(=O)NCc2c(F)cc(-c3cn(C4CCCC4)c4c(=O)[nH]nc(N)c34)cc2F)c1. The fourth-order valence-corrected chi connectivity index (χ4v) is 5.10. The van der Waals surface area contributed by atoms with Crippen LogP contribution in [0.2, 0.25) is 0 Å². The highest BCUT2D eigenvalue weighted by atomic mass is 19.1. The van der Waals surface area contributed by atoms with E-state index in [9.17, 15) is 9.59 Å². The smallest absolute Gasteiger partial charge is 0.288 e. The van der Waals surface area contributed by atoms with Crippen LogP contribution in [0, 0.1) is 25.5 Å². The van der Waals surface area contributed by atoms with Gasteiger partial charge in [0.25, 0.3) is 11.5 Å². The average molecular weight is 492 g/mol. The number of amides is 1. The first-order valence-corrected chi connectivity index (χ1v) is 12.0. The zero-order valence-corrected chi connectivity index (χ0v) is 20.1. The number of aryl methyl sites for hydroxylation is 2. The van der Waals surface area contributed by atoms with Gasteiger partial charge in [0.2, 0.25) is 0 Å². The fraction of sp³-hybridized carbons (Fsp3) is 0.296. The minimum atomic E-state index is -0.801. The van der Waals surface area contributed by atoms with E-state index in [4.69, 9.17) is 5.73 Å². The quantitative estimate of drug-likeness (QED) is 0.369. The molecule has 5 rings (SSSR count). The molecule has 1 aliphatic carbocycles. The lowest BCUT2D eigenvalue weighted by molar-refractivity contribution is 0.0949. The van der Waals surface area contributed by atoms with Gasteiger partial charge in [-0.2, -0.15) is 5.10 Å². The summed E-state index contributed by atoms with van der Waals surface area (Å²) in [5, 5.41) is 9.28. The molecule has 0 bridgehead atoms. The van der Waals surface area contributed by atoms with Crippen LogP contribution in [0.1, 0.15) is 58.8 Å². The van der Waals surface area contributed by atoms with Gasteiger partial charge in [0, 0.05) is 35.5 Å². The van der Waals surface area contributed by atoms with Crippen molar-refractivity contribution in [3.8, 4) is 11.1 Å². The Labute approximate surface area is 206 Å². The molecule has 0 saturated heterocycles. The van der Waals surface area contributed by atoms with Crippen LogP contribution in [0.3, 0.4) is 0 Å². The number of nitrogens with one attached hydrogen (secondary N) is 2. The lowest BCUT2D eigenvalue weighted by Gasteiger charge is -2.12. The molecular formula is C27H27F2N5O2. The molecule has 2 heterocycles. The Hall–Kier alpha value is -4.01. The molecule has 186 valence electrons. The summed E-state index contributed by atoms with van der Waals surface area (Å²) in [5.41, 5.74) is 8.65. The molecule has 1 amide bonds. The van der Waals surface area contributed by atoms with Crippen molar-refractivity contribution in [3.63, 3.8) is 0 Å². The first kappa shape index (κ1) is 23.7. The van der Waals surface area contributed by atoms with Crippen molar-refractivity contribution in [2.45, 2.75) is 52.1 Å². The van der Waals surface area contributed by atoms with Crippen LogP contribution in [-0.4, -0.2) is 20.7 Å². The van der Waals surface area contributed by atoms with E-state index >= 15 is 8.78 Å². The number of nitrogens with two attached hydrogens (primary N) is 1. The number of hydrogen-bond acceptors (Lipinski definition) is 4. The highest BCUT2D eigenvalue weighted by Gasteiger charge is 2.25. The number of benzene rings is 2. The van der Waals surface area contributed by atoms with Crippen molar-refractivity contribution in [1.82, 2.24) is 20.1 Å². The summed E-state index contributed by atoms with van der Waals surface area (Å²) in [5.74, 6) is -1.92. The Balaban J connectivity index is 1.50. The number of carbonyl (C=O) groups excluding carboxylic acids is 1. The van der Waals surface area contributed by atoms with Crippen LogP contribution in [0.4, 0.5) is 14.6 Å². The molecule has 2 aromatic carbocycles. The first-order chi connectivity index (χ1) is 17.2. The van der Waals surface area contributed by atoms with Gasteiger partial charge >= 0.3 is 0 Å². The summed E-state index contributed by atoms with van der Waals surface area (Å²) in [6.45, 7) is 3.36. The van der Waals surface area contributed by atoms with E-state index in [1.165, 1.54) is 12.1 Å². The molecule has 9 heteroatoms. The molecule has 36 heavy (non-hydrogen) atoms. The molecule has 4 N–H and O–H groups in total. The van der Waals surface area contributed by atoms with Crippen LogP contribution < -0.4 is 16.6 Å². The third-order valence-corrected chi connectivity index (χ3v) is 7.02. The van der Waals surface area contributed by atoms with Gasteiger partial charge in [-0.05, 0) is 56.0 Å². The minimum absolute atomic E-state index is 0.0852. The van der Waals surface area contributed by atoms with Gasteiger partial charge in [-0.25, -0.2) is 13.9 Å². The van der Waals surface area contributed by atoms with Gasteiger partial charge in [-0.15, -0.1) is 0 Å². The number of aromatic amines is 1. The van der Waals surface area contributed by atoms with E-state index in [1.54, 1.807) is 19.2 Å². The van der Waals surface area contributed by atoms with Gasteiger partial charge in [0.1, 0.15) is 17.2 Å². The average Bonchev–Trinajstić information content (AvgIpc) is 3.51. The maximum Gasteiger partial charge on any atom is 0.288 e. The van der Waals surface area contributed by atoms with Crippen LogP contribution in [0.15, 0.2) is 41.3 Å². The molecule has 0 aliphatic heterocycles. The van der Waals surface area contributed by atoms with E-state index in [0.717, 1.165) is 36.8 Å². The number of anilines is 1. The lowest BCUT2D eigenvalue weighted by atomic mass is 10.0. The standard InChI is InChI=1S/C27H27F2N5O2/c1-14-7-8-15(2)18(9-14)26(35)31-12-19-21(28)10-16(11-22(19)29)20-13-34(17-5-3-4-6-17)24-23(20)25(30)32-33-27(24)36/h7-11,13,17H,3-6,12H2,1-2H3,(H2,30,32)(H,31,35)(H,33,36). The molecule has 1 aliphatic rings. The predicted molar refractivity (Wildman–Crippen MR) is 135 cm³/mol. The van der Waals surface area contributed by atoms with Gasteiger partial charge in [0.15, 0.2) is 5.82 Å². The van der Waals surface area contributed by atoms with Gasteiger partial charge in [0.05, 0.1) is 5.39 Å². The van der Waals surface area contributed by atoms with Crippen LogP contribution in [-0.2, 0) is 6.54 Å². The number of nitrogen functional groups attached to an aromatic ring is 1. The Morgan fingerprint density at radius 1 is 1.17 bits per heavy atom. The molecule has 1 saturated carbocycles. The van der Waals surface area contributed by atoms with E-state index in [0.29, 0.717) is 22.0 Å². The summed E-state index contributed by atoms with van der Waals surface area (Å²) in [4.78, 5) is 25.3. The highest BCUT2D eigenvalue weighted by Crippen LogP contribution is 2.38. The normalized spacial score (nSPS) is 14.0. The molecular weight excluding hydrogens is 464 g/mol. The highest BCUT2D eigenvalue weighted by molar-refractivity contribution is 6.02. The number of nitrogens with zero attached hydrogens (tertiary/aromatic N) is 2. The molecule has 0 atom stereocenters. The number of H-pyrrole nitrogens is 1. The van der Waals surface area contributed by atoms with Crippen LogP contribution in [0.25, 0.3) is 22.0 Å². The first-order valence-electron chi connectivity index (χ1n) is 12.0. The van der Waals surface area contributed by atoms with Crippen molar-refractivity contribution in [2.24, 2.45) is 0 Å². The van der Waals surface area contributed by atoms with Crippen molar-refractivity contribution >= 4 is 22.6 Å². The second-order valence-electron chi connectivity index (χ2n) is 9.47. The van der Waals surface area contributed by atoms with E-state index in [1.807, 2.05) is 23.6 Å². The minimum Gasteiger partial charge on any atom is -0.382 e. The number of hydrogen-bond donors (Lipinski definition) is 3. The van der Waals surface area contributed by atoms with Crippen molar-refractivity contribution in [1.29, 1.82) is 0 Å². The molecule has 4 aromatic rings. The van der Waals surface area contributed by atoms with E-state index in [-0.39, 0.29) is 29.5 Å². The number of halogens is 2. The third kappa shape index (κ3) is 4.14.